The highest BCUT2D eigenvalue weighted by atomic mass is 35.5. The van der Waals surface area contributed by atoms with Crippen LogP contribution in [-0.2, 0) is 0 Å². The minimum atomic E-state index is -0.139. The molecule has 0 aliphatic carbocycles. The van der Waals surface area contributed by atoms with E-state index in [1.807, 2.05) is 13.3 Å². The Morgan fingerprint density at radius 1 is 1.33 bits per heavy atom. The van der Waals surface area contributed by atoms with Crippen LogP contribution >= 0.6 is 31.1 Å². The standard InChI is InChI=1S/C3H7Cl2P/c1-6(2)3(4)5/h3H,1-2H3. The Bertz CT molecular complexity index is 29.8. The molecule has 0 aliphatic rings. The van der Waals surface area contributed by atoms with Crippen LogP contribution in [0.15, 0.2) is 0 Å². The molecule has 0 aromatic carbocycles. The fraction of sp³-hybridized carbons (Fsp3) is 1.00. The highest BCUT2D eigenvalue weighted by Gasteiger charge is 2.00. The van der Waals surface area contributed by atoms with Crippen LogP contribution in [-0.4, -0.2) is 17.9 Å². The molecule has 0 aromatic rings. The molecule has 6 heavy (non-hydrogen) atoms. The van der Waals surface area contributed by atoms with Crippen LogP contribution < -0.4 is 0 Å². The molecule has 0 amide bonds. The molecule has 0 rings (SSSR count). The van der Waals surface area contributed by atoms with Gasteiger partial charge in [-0.3, -0.25) is 0 Å². The van der Waals surface area contributed by atoms with Crippen molar-refractivity contribution in [2.75, 3.05) is 13.3 Å². The zero-order chi connectivity index (χ0) is 5.15. The van der Waals surface area contributed by atoms with Crippen LogP contribution in [0.3, 0.4) is 0 Å². The van der Waals surface area contributed by atoms with Crippen molar-refractivity contribution in [3.05, 3.63) is 0 Å². The Balaban J connectivity index is 2.99. The summed E-state index contributed by atoms with van der Waals surface area (Å²) in [7, 11) is -0.129. The number of hydrogen-bond acceptors (Lipinski definition) is 0. The minimum Gasteiger partial charge on any atom is -0.100 e. The zero-order valence-corrected chi connectivity index (χ0v) is 6.19. The van der Waals surface area contributed by atoms with Gasteiger partial charge in [-0.15, -0.1) is 23.2 Å². The Kier molecular flexibility index (Phi) is 3.59. The van der Waals surface area contributed by atoms with Gasteiger partial charge in [-0.05, 0) is 13.3 Å². The largest absolute Gasteiger partial charge is 0.126 e. The molecule has 0 spiro atoms. The van der Waals surface area contributed by atoms with Crippen molar-refractivity contribution in [2.45, 2.75) is 4.58 Å². The molecule has 0 heterocycles. The summed E-state index contributed by atoms with van der Waals surface area (Å²) in [6.07, 6.45) is 0. The topological polar surface area (TPSA) is 0 Å². The molecule has 0 saturated heterocycles. The lowest BCUT2D eigenvalue weighted by Gasteiger charge is -2.01. The van der Waals surface area contributed by atoms with E-state index in [4.69, 9.17) is 23.2 Å². The van der Waals surface area contributed by atoms with Gasteiger partial charge in [0.05, 0.1) is 0 Å². The molecule has 3 heteroatoms. The van der Waals surface area contributed by atoms with E-state index in [-0.39, 0.29) is 12.5 Å². The van der Waals surface area contributed by atoms with Gasteiger partial charge in [0.15, 0.2) is 0 Å². The van der Waals surface area contributed by atoms with Crippen LogP contribution in [0.5, 0.6) is 0 Å². The molecule has 0 radical (unpaired) electrons. The average Bonchev–Trinajstić information content (AvgIpc) is 1.36. The second-order valence-corrected chi connectivity index (χ2v) is 5.39. The molecular weight excluding hydrogens is 138 g/mol. The Hall–Kier alpha value is 1.01. The SMILES string of the molecule is CP(C)C(Cl)Cl. The summed E-state index contributed by atoms with van der Waals surface area (Å²) < 4.78 is -0.139. The lowest BCUT2D eigenvalue weighted by atomic mass is 11.8. The molecule has 0 aliphatic heterocycles. The number of rotatable bonds is 1. The summed E-state index contributed by atoms with van der Waals surface area (Å²) in [6, 6.07) is 0. The van der Waals surface area contributed by atoms with Crippen LogP contribution in [0.2, 0.25) is 0 Å². The third kappa shape index (κ3) is 3.21. The summed E-state index contributed by atoms with van der Waals surface area (Å²) >= 11 is 10.8. The fourth-order valence-corrected chi connectivity index (χ4v) is 0. The molecular formula is C3H7Cl2P. The van der Waals surface area contributed by atoms with Crippen molar-refractivity contribution in [2.24, 2.45) is 0 Å². The van der Waals surface area contributed by atoms with Gasteiger partial charge in [-0.25, -0.2) is 0 Å². The first-order valence-electron chi connectivity index (χ1n) is 1.59. The first-order chi connectivity index (χ1) is 2.64. The first kappa shape index (κ1) is 7.01. The van der Waals surface area contributed by atoms with E-state index >= 15 is 0 Å². The third-order valence-electron chi connectivity index (χ3n) is 0.390. The number of halogens is 2. The van der Waals surface area contributed by atoms with Crippen LogP contribution in [0.4, 0.5) is 0 Å². The maximum atomic E-state index is 5.41. The van der Waals surface area contributed by atoms with E-state index in [1.54, 1.807) is 0 Å². The van der Waals surface area contributed by atoms with Gasteiger partial charge in [0.25, 0.3) is 0 Å². The molecule has 0 bridgehead atoms. The van der Waals surface area contributed by atoms with Gasteiger partial charge in [0, 0.05) is 0 Å². The van der Waals surface area contributed by atoms with E-state index in [2.05, 4.69) is 0 Å². The lowest BCUT2D eigenvalue weighted by Crippen LogP contribution is -1.76. The predicted molar refractivity (Wildman–Crippen MR) is 34.3 cm³/mol. The van der Waals surface area contributed by atoms with E-state index in [0.29, 0.717) is 0 Å². The summed E-state index contributed by atoms with van der Waals surface area (Å²) in [4.78, 5) is 0. The van der Waals surface area contributed by atoms with Crippen LogP contribution in [0.25, 0.3) is 0 Å². The third-order valence-corrected chi connectivity index (χ3v) is 3.51. The van der Waals surface area contributed by atoms with E-state index < -0.39 is 0 Å². The Morgan fingerprint density at radius 2 is 1.50 bits per heavy atom. The second-order valence-electron chi connectivity index (χ2n) is 1.24. The van der Waals surface area contributed by atoms with Gasteiger partial charge in [-0.2, -0.15) is 0 Å². The molecule has 0 fully saturated rings. The van der Waals surface area contributed by atoms with Gasteiger partial charge in [0.2, 0.25) is 0 Å². The van der Waals surface area contributed by atoms with Crippen molar-refractivity contribution in [1.82, 2.24) is 0 Å². The Labute approximate surface area is 49.6 Å². The fourth-order valence-electron chi connectivity index (χ4n) is 0. The molecule has 0 unspecified atom stereocenters. The monoisotopic (exact) mass is 144 g/mol. The Morgan fingerprint density at radius 3 is 1.50 bits per heavy atom. The molecule has 38 valence electrons. The highest BCUT2D eigenvalue weighted by molar-refractivity contribution is 7.60. The van der Waals surface area contributed by atoms with Gasteiger partial charge < -0.3 is 0 Å². The van der Waals surface area contributed by atoms with Gasteiger partial charge in [-0.1, -0.05) is 7.92 Å². The summed E-state index contributed by atoms with van der Waals surface area (Å²) in [6.45, 7) is 4.08. The van der Waals surface area contributed by atoms with Gasteiger partial charge in [0.1, 0.15) is 4.58 Å². The summed E-state index contributed by atoms with van der Waals surface area (Å²) in [5, 5.41) is 0. The lowest BCUT2D eigenvalue weighted by molar-refractivity contribution is 1.87. The van der Waals surface area contributed by atoms with E-state index in [1.165, 1.54) is 0 Å². The van der Waals surface area contributed by atoms with Crippen LogP contribution in [0, 0.1) is 0 Å². The van der Waals surface area contributed by atoms with Crippen molar-refractivity contribution < 1.29 is 0 Å². The van der Waals surface area contributed by atoms with Crippen molar-refractivity contribution in [1.29, 1.82) is 0 Å². The number of hydrogen-bond donors (Lipinski definition) is 0. The minimum absolute atomic E-state index is 0.129. The molecule has 0 aromatic heterocycles. The van der Waals surface area contributed by atoms with E-state index in [9.17, 15) is 0 Å². The maximum Gasteiger partial charge on any atom is 0.126 e. The van der Waals surface area contributed by atoms with Crippen molar-refractivity contribution in [3.8, 4) is 0 Å². The normalized spacial score (nSPS) is 11.0. The quantitative estimate of drug-likeness (QED) is 0.392. The van der Waals surface area contributed by atoms with E-state index in [0.717, 1.165) is 0 Å². The van der Waals surface area contributed by atoms with Crippen LogP contribution in [0.1, 0.15) is 0 Å². The summed E-state index contributed by atoms with van der Waals surface area (Å²) in [5.74, 6) is 0. The molecule has 0 nitrogen and oxygen atoms in total. The van der Waals surface area contributed by atoms with Crippen molar-refractivity contribution in [3.63, 3.8) is 0 Å². The maximum absolute atomic E-state index is 5.41. The van der Waals surface area contributed by atoms with Gasteiger partial charge >= 0.3 is 0 Å². The van der Waals surface area contributed by atoms with Crippen molar-refractivity contribution >= 4 is 31.1 Å². The average molecular weight is 145 g/mol. The summed E-state index contributed by atoms with van der Waals surface area (Å²) in [5.41, 5.74) is 0. The second kappa shape index (κ2) is 3.07. The molecule has 0 atom stereocenters. The highest BCUT2D eigenvalue weighted by Crippen LogP contribution is 2.37. The first-order valence-corrected chi connectivity index (χ1v) is 4.77. The molecule has 0 saturated carbocycles. The zero-order valence-electron chi connectivity index (χ0n) is 3.78. The molecule has 0 N–H and O–H groups in total. The number of alkyl halides is 2. The smallest absolute Gasteiger partial charge is 0.100 e. The predicted octanol–water partition coefficient (Wildman–Crippen LogP) is 2.49.